The van der Waals surface area contributed by atoms with Crippen molar-refractivity contribution in [1.82, 2.24) is 4.90 Å². The minimum absolute atomic E-state index is 0.117. The molecule has 9 nitrogen and oxygen atoms in total. The molecule has 2 atom stereocenters. The van der Waals surface area contributed by atoms with Gasteiger partial charge in [0.05, 0.1) is 19.8 Å². The van der Waals surface area contributed by atoms with Crippen molar-refractivity contribution in [3.05, 3.63) is 17.7 Å². The Hall–Kier alpha value is -2.97. The highest BCUT2D eigenvalue weighted by Crippen LogP contribution is 2.38. The van der Waals surface area contributed by atoms with Gasteiger partial charge in [-0.3, -0.25) is 9.59 Å². The Morgan fingerprint density at radius 1 is 1.03 bits per heavy atom. The van der Waals surface area contributed by atoms with Crippen LogP contribution in [-0.4, -0.2) is 62.2 Å². The molecule has 0 bridgehead atoms. The minimum atomic E-state index is -0.700. The fourth-order valence-corrected chi connectivity index (χ4v) is 3.48. The molecular formula is C20H28N2O7. The van der Waals surface area contributed by atoms with Crippen LogP contribution in [0.3, 0.4) is 0 Å². The summed E-state index contributed by atoms with van der Waals surface area (Å²) >= 11 is 0. The van der Waals surface area contributed by atoms with E-state index >= 15 is 0 Å². The highest BCUT2D eigenvalue weighted by molar-refractivity contribution is 5.93. The highest BCUT2D eigenvalue weighted by Gasteiger charge is 2.29. The maximum absolute atomic E-state index is 12.5. The summed E-state index contributed by atoms with van der Waals surface area (Å²) in [5, 5.41) is 0. The number of esters is 1. The molecule has 0 radical (unpaired) electrons. The molecule has 0 saturated carbocycles. The summed E-state index contributed by atoms with van der Waals surface area (Å²) in [5.41, 5.74) is 5.22. The lowest BCUT2D eigenvalue weighted by molar-refractivity contribution is -0.140. The number of rotatable bonds is 8. The number of hydrogen-bond donors (Lipinski definition) is 1. The number of amides is 2. The molecule has 1 aliphatic rings. The molecule has 0 spiro atoms. The van der Waals surface area contributed by atoms with Crippen molar-refractivity contribution in [2.75, 3.05) is 27.4 Å². The van der Waals surface area contributed by atoms with Crippen molar-refractivity contribution in [3.63, 3.8) is 0 Å². The third-order valence-corrected chi connectivity index (χ3v) is 4.86. The molecule has 160 valence electrons. The number of carbonyl (C=O) groups excluding carboxylic acids is 3. The van der Waals surface area contributed by atoms with Crippen LogP contribution in [-0.2, 0) is 14.3 Å². The zero-order valence-electron chi connectivity index (χ0n) is 17.2. The first-order valence-electron chi connectivity index (χ1n) is 9.43. The molecule has 0 aliphatic carbocycles. The van der Waals surface area contributed by atoms with Gasteiger partial charge < -0.3 is 29.6 Å². The van der Waals surface area contributed by atoms with E-state index in [1.165, 1.54) is 26.4 Å². The number of ether oxygens (including phenoxy) is 4. The van der Waals surface area contributed by atoms with E-state index in [1.807, 2.05) is 13.8 Å². The second-order valence-corrected chi connectivity index (χ2v) is 6.97. The average Bonchev–Trinajstić information content (AvgIpc) is 2.69. The summed E-state index contributed by atoms with van der Waals surface area (Å²) in [6, 6.07) is 3.01. The SMILES string of the molecule is COc1cc(C(=O)OCC(=O)N2[C@H](C)CCC[C@@H]2C)cc(OC)c1OCC(N)=O. The first-order chi connectivity index (χ1) is 13.8. The van der Waals surface area contributed by atoms with E-state index in [1.54, 1.807) is 4.90 Å². The number of nitrogens with zero attached hydrogens (tertiary/aromatic N) is 1. The molecule has 2 N–H and O–H groups in total. The molecule has 1 aliphatic heterocycles. The summed E-state index contributed by atoms with van der Waals surface area (Å²) < 4.78 is 21.0. The Kier molecular flexibility index (Phi) is 7.69. The molecule has 1 fully saturated rings. The van der Waals surface area contributed by atoms with Crippen LogP contribution in [0.15, 0.2) is 12.1 Å². The maximum Gasteiger partial charge on any atom is 0.338 e. The lowest BCUT2D eigenvalue weighted by Crippen LogP contribution is -2.49. The first kappa shape index (κ1) is 22.3. The largest absolute Gasteiger partial charge is 0.493 e. The van der Waals surface area contributed by atoms with Gasteiger partial charge in [0.25, 0.3) is 11.8 Å². The predicted molar refractivity (Wildman–Crippen MR) is 104 cm³/mol. The molecule has 1 aromatic rings. The van der Waals surface area contributed by atoms with Crippen molar-refractivity contribution in [1.29, 1.82) is 0 Å². The van der Waals surface area contributed by atoms with Gasteiger partial charge in [-0.1, -0.05) is 0 Å². The number of likely N-dealkylation sites (tertiary alicyclic amines) is 1. The van der Waals surface area contributed by atoms with Gasteiger partial charge >= 0.3 is 5.97 Å². The third kappa shape index (κ3) is 5.52. The summed E-state index contributed by atoms with van der Waals surface area (Å²) in [5.74, 6) is -1.12. The molecule has 0 aromatic heterocycles. The van der Waals surface area contributed by atoms with E-state index in [4.69, 9.17) is 24.7 Å². The Labute approximate surface area is 170 Å². The summed E-state index contributed by atoms with van der Waals surface area (Å²) in [6.45, 7) is 3.27. The van der Waals surface area contributed by atoms with E-state index in [0.29, 0.717) is 0 Å². The molecular weight excluding hydrogens is 380 g/mol. The van der Waals surface area contributed by atoms with Crippen molar-refractivity contribution < 1.29 is 33.3 Å². The quantitative estimate of drug-likeness (QED) is 0.648. The number of carbonyl (C=O) groups is 3. The van der Waals surface area contributed by atoms with E-state index in [9.17, 15) is 14.4 Å². The third-order valence-electron chi connectivity index (χ3n) is 4.86. The summed E-state index contributed by atoms with van der Waals surface area (Å²) in [4.78, 5) is 37.8. The van der Waals surface area contributed by atoms with Crippen LogP contribution in [0, 0.1) is 0 Å². The van der Waals surface area contributed by atoms with Crippen molar-refractivity contribution in [3.8, 4) is 17.2 Å². The summed E-state index contributed by atoms with van der Waals surface area (Å²) in [7, 11) is 2.76. The normalized spacial score (nSPS) is 18.7. The average molecular weight is 408 g/mol. The number of piperidine rings is 1. The molecule has 1 heterocycles. The second kappa shape index (κ2) is 9.99. The standard InChI is InChI=1S/C20H28N2O7/c1-12-6-5-7-13(2)22(12)18(24)11-29-20(25)14-8-15(26-3)19(16(9-14)27-4)28-10-17(21)23/h8-9,12-13H,5-7,10-11H2,1-4H3,(H2,21,23)/t12-,13+. The van der Waals surface area contributed by atoms with Crippen LogP contribution < -0.4 is 19.9 Å². The lowest BCUT2D eigenvalue weighted by atomic mass is 9.97. The Morgan fingerprint density at radius 2 is 1.59 bits per heavy atom. The van der Waals surface area contributed by atoms with Crippen LogP contribution in [0.5, 0.6) is 17.2 Å². The zero-order valence-corrected chi connectivity index (χ0v) is 17.2. The van der Waals surface area contributed by atoms with Crippen molar-refractivity contribution in [2.24, 2.45) is 5.73 Å². The van der Waals surface area contributed by atoms with E-state index in [0.717, 1.165) is 19.3 Å². The van der Waals surface area contributed by atoms with Gasteiger partial charge in [0.15, 0.2) is 24.7 Å². The smallest absolute Gasteiger partial charge is 0.338 e. The number of primary amides is 1. The molecule has 1 saturated heterocycles. The number of nitrogens with two attached hydrogens (primary N) is 1. The molecule has 29 heavy (non-hydrogen) atoms. The highest BCUT2D eigenvalue weighted by atomic mass is 16.5. The van der Waals surface area contributed by atoms with Crippen LogP contribution in [0.4, 0.5) is 0 Å². The molecule has 1 aromatic carbocycles. The Bertz CT molecular complexity index is 730. The van der Waals surface area contributed by atoms with Gasteiger partial charge in [-0.25, -0.2) is 4.79 Å². The molecule has 9 heteroatoms. The van der Waals surface area contributed by atoms with E-state index in [2.05, 4.69) is 0 Å². The minimum Gasteiger partial charge on any atom is -0.493 e. The maximum atomic E-state index is 12.5. The first-order valence-corrected chi connectivity index (χ1v) is 9.43. The monoisotopic (exact) mass is 408 g/mol. The van der Waals surface area contributed by atoms with Gasteiger partial charge in [-0.2, -0.15) is 0 Å². The van der Waals surface area contributed by atoms with E-state index in [-0.39, 0.29) is 54.0 Å². The predicted octanol–water partition coefficient (Wildman–Crippen LogP) is 1.51. The van der Waals surface area contributed by atoms with Gasteiger partial charge in [0.1, 0.15) is 0 Å². The van der Waals surface area contributed by atoms with Gasteiger partial charge in [-0.15, -0.1) is 0 Å². The number of methoxy groups -OCH3 is 2. The second-order valence-electron chi connectivity index (χ2n) is 6.97. The lowest BCUT2D eigenvalue weighted by Gasteiger charge is -2.38. The van der Waals surface area contributed by atoms with Crippen LogP contribution in [0.1, 0.15) is 43.5 Å². The topological polar surface area (TPSA) is 117 Å². The number of benzene rings is 1. The van der Waals surface area contributed by atoms with Crippen LogP contribution in [0.25, 0.3) is 0 Å². The summed E-state index contributed by atoms with van der Waals surface area (Å²) in [6.07, 6.45) is 2.95. The van der Waals surface area contributed by atoms with Gasteiger partial charge in [0, 0.05) is 12.1 Å². The molecule has 2 amide bonds. The van der Waals surface area contributed by atoms with E-state index < -0.39 is 11.9 Å². The molecule has 2 rings (SSSR count). The van der Waals surface area contributed by atoms with Crippen LogP contribution in [0.2, 0.25) is 0 Å². The van der Waals surface area contributed by atoms with Gasteiger partial charge in [0.2, 0.25) is 5.75 Å². The van der Waals surface area contributed by atoms with Gasteiger partial charge in [-0.05, 0) is 45.2 Å². The number of hydrogen-bond acceptors (Lipinski definition) is 7. The van der Waals surface area contributed by atoms with Crippen molar-refractivity contribution in [2.45, 2.75) is 45.2 Å². The fourth-order valence-electron chi connectivity index (χ4n) is 3.48. The Balaban J connectivity index is 2.11. The van der Waals surface area contributed by atoms with Crippen LogP contribution >= 0.6 is 0 Å². The fraction of sp³-hybridized carbons (Fsp3) is 0.550. The molecule has 0 unspecified atom stereocenters. The van der Waals surface area contributed by atoms with Crippen molar-refractivity contribution >= 4 is 17.8 Å². The zero-order chi connectivity index (χ0) is 21.6. The Morgan fingerprint density at radius 3 is 2.07 bits per heavy atom.